The maximum Gasteiger partial charge on any atom is 0.250 e. The first-order chi connectivity index (χ1) is 7.84. The molecular weight excluding hydrogens is 224 g/mol. The zero-order chi connectivity index (χ0) is 11.2. The summed E-state index contributed by atoms with van der Waals surface area (Å²) in [5, 5.41) is 9.89. The second kappa shape index (κ2) is 5.98. The molecule has 2 heterocycles. The van der Waals surface area contributed by atoms with E-state index >= 15 is 0 Å². The van der Waals surface area contributed by atoms with E-state index < -0.39 is 0 Å². The lowest BCUT2D eigenvalue weighted by molar-refractivity contribution is -0.123. The number of hydrogen-bond acceptors (Lipinski definition) is 4. The average molecular weight is 240 g/mol. The molecule has 16 heavy (non-hydrogen) atoms. The van der Waals surface area contributed by atoms with Crippen molar-refractivity contribution in [3.63, 3.8) is 0 Å². The Kier molecular flexibility index (Phi) is 4.33. The van der Waals surface area contributed by atoms with Crippen LogP contribution in [-0.4, -0.2) is 31.7 Å². The number of hydrogen-bond donors (Lipinski definition) is 2. The Morgan fingerprint density at radius 2 is 2.38 bits per heavy atom. The van der Waals surface area contributed by atoms with E-state index in [1.54, 1.807) is 11.3 Å². The number of amides is 1. The molecular formula is C11H16N2O2S. The molecule has 0 saturated carbocycles. The molecule has 5 heteroatoms. The van der Waals surface area contributed by atoms with Crippen molar-refractivity contribution in [2.24, 2.45) is 0 Å². The van der Waals surface area contributed by atoms with Gasteiger partial charge in [0, 0.05) is 5.38 Å². The molecule has 0 bridgehead atoms. The standard InChI is InChI=1S/C11H16N2O2S/c14-11(13-9-3-6-16-8-9)7-15-10-1-4-12-5-2-10/h3,6,8,10,12H,1-2,4-5,7H2,(H,13,14). The van der Waals surface area contributed by atoms with E-state index in [9.17, 15) is 4.79 Å². The predicted octanol–water partition coefficient (Wildman–Crippen LogP) is 1.46. The molecule has 0 radical (unpaired) electrons. The first kappa shape index (κ1) is 11.6. The lowest BCUT2D eigenvalue weighted by atomic mass is 10.1. The van der Waals surface area contributed by atoms with Crippen LogP contribution in [0.1, 0.15) is 12.8 Å². The number of ether oxygens (including phenoxy) is 1. The second-order valence-corrected chi connectivity index (χ2v) is 4.60. The van der Waals surface area contributed by atoms with Crippen LogP contribution < -0.4 is 10.6 Å². The largest absolute Gasteiger partial charge is 0.368 e. The molecule has 1 fully saturated rings. The fraction of sp³-hybridized carbons (Fsp3) is 0.545. The van der Waals surface area contributed by atoms with Crippen LogP contribution in [-0.2, 0) is 9.53 Å². The van der Waals surface area contributed by atoms with Crippen LogP contribution in [0.2, 0.25) is 0 Å². The van der Waals surface area contributed by atoms with Crippen molar-refractivity contribution < 1.29 is 9.53 Å². The molecule has 0 aromatic carbocycles. The maximum absolute atomic E-state index is 11.5. The molecule has 0 spiro atoms. The minimum Gasteiger partial charge on any atom is -0.368 e. The lowest BCUT2D eigenvalue weighted by Gasteiger charge is -2.22. The highest BCUT2D eigenvalue weighted by Gasteiger charge is 2.14. The Labute approximate surface area is 99.0 Å². The van der Waals surface area contributed by atoms with Gasteiger partial charge in [-0.3, -0.25) is 4.79 Å². The third kappa shape index (κ3) is 3.59. The van der Waals surface area contributed by atoms with E-state index in [4.69, 9.17) is 4.74 Å². The number of nitrogens with one attached hydrogen (secondary N) is 2. The number of carbonyl (C=O) groups excluding carboxylic acids is 1. The molecule has 1 aliphatic rings. The van der Waals surface area contributed by atoms with Gasteiger partial charge in [-0.25, -0.2) is 0 Å². The minimum atomic E-state index is -0.0723. The number of thiophene rings is 1. The zero-order valence-corrected chi connectivity index (χ0v) is 9.89. The lowest BCUT2D eigenvalue weighted by Crippen LogP contribution is -2.34. The van der Waals surface area contributed by atoms with E-state index in [1.807, 2.05) is 16.8 Å². The summed E-state index contributed by atoms with van der Waals surface area (Å²) in [6.45, 7) is 2.12. The number of anilines is 1. The van der Waals surface area contributed by atoms with Gasteiger partial charge in [-0.15, -0.1) is 0 Å². The molecule has 1 amide bonds. The van der Waals surface area contributed by atoms with Gasteiger partial charge in [0.15, 0.2) is 0 Å². The van der Waals surface area contributed by atoms with E-state index in [0.29, 0.717) is 0 Å². The fourth-order valence-electron chi connectivity index (χ4n) is 1.69. The van der Waals surface area contributed by atoms with E-state index in [0.717, 1.165) is 31.6 Å². The van der Waals surface area contributed by atoms with E-state index in [-0.39, 0.29) is 18.6 Å². The molecule has 1 aliphatic heterocycles. The summed E-state index contributed by atoms with van der Waals surface area (Å²) in [4.78, 5) is 11.5. The van der Waals surface area contributed by atoms with Crippen molar-refractivity contribution in [1.29, 1.82) is 0 Å². The zero-order valence-electron chi connectivity index (χ0n) is 9.07. The van der Waals surface area contributed by atoms with Gasteiger partial charge in [0.25, 0.3) is 0 Å². The number of carbonyl (C=O) groups is 1. The minimum absolute atomic E-state index is 0.0723. The second-order valence-electron chi connectivity index (χ2n) is 3.82. The summed E-state index contributed by atoms with van der Waals surface area (Å²) in [6.07, 6.45) is 2.21. The SMILES string of the molecule is O=C(COC1CCNCC1)Nc1ccsc1. The Balaban J connectivity index is 1.67. The predicted molar refractivity (Wildman–Crippen MR) is 64.8 cm³/mol. The highest BCUT2D eigenvalue weighted by atomic mass is 32.1. The molecule has 1 aromatic rings. The number of rotatable bonds is 4. The van der Waals surface area contributed by atoms with Gasteiger partial charge in [-0.2, -0.15) is 11.3 Å². The summed E-state index contributed by atoms with van der Waals surface area (Å²) in [5.41, 5.74) is 0.851. The van der Waals surface area contributed by atoms with Gasteiger partial charge in [-0.1, -0.05) is 0 Å². The van der Waals surface area contributed by atoms with Crippen LogP contribution in [0, 0.1) is 0 Å². The van der Waals surface area contributed by atoms with Crippen LogP contribution in [0.4, 0.5) is 5.69 Å². The highest BCUT2D eigenvalue weighted by molar-refractivity contribution is 7.08. The van der Waals surface area contributed by atoms with Crippen molar-refractivity contribution in [3.8, 4) is 0 Å². The quantitative estimate of drug-likeness (QED) is 0.837. The Morgan fingerprint density at radius 1 is 1.56 bits per heavy atom. The molecule has 0 aliphatic carbocycles. The summed E-state index contributed by atoms with van der Waals surface area (Å²) >= 11 is 1.56. The summed E-state index contributed by atoms with van der Waals surface area (Å²) in [6, 6.07) is 1.88. The smallest absolute Gasteiger partial charge is 0.250 e. The van der Waals surface area contributed by atoms with E-state index in [2.05, 4.69) is 10.6 Å². The third-order valence-corrected chi connectivity index (χ3v) is 3.22. The van der Waals surface area contributed by atoms with Gasteiger partial charge in [0.05, 0.1) is 11.8 Å². The highest BCUT2D eigenvalue weighted by Crippen LogP contribution is 2.12. The van der Waals surface area contributed by atoms with Crippen LogP contribution in [0.5, 0.6) is 0 Å². The monoisotopic (exact) mass is 240 g/mol. The van der Waals surface area contributed by atoms with Crippen molar-refractivity contribution in [2.75, 3.05) is 25.0 Å². The van der Waals surface area contributed by atoms with Crippen molar-refractivity contribution in [1.82, 2.24) is 5.32 Å². The molecule has 1 aromatic heterocycles. The van der Waals surface area contributed by atoms with Crippen molar-refractivity contribution in [2.45, 2.75) is 18.9 Å². The summed E-state index contributed by atoms with van der Waals surface area (Å²) < 4.78 is 5.54. The van der Waals surface area contributed by atoms with Crippen molar-refractivity contribution >= 4 is 22.9 Å². The van der Waals surface area contributed by atoms with Crippen LogP contribution >= 0.6 is 11.3 Å². The Bertz CT molecular complexity index is 321. The summed E-state index contributed by atoms with van der Waals surface area (Å²) in [5.74, 6) is -0.0723. The maximum atomic E-state index is 11.5. The first-order valence-corrected chi connectivity index (χ1v) is 6.43. The van der Waals surface area contributed by atoms with Crippen LogP contribution in [0.15, 0.2) is 16.8 Å². The van der Waals surface area contributed by atoms with Gasteiger partial charge in [0.1, 0.15) is 6.61 Å². The van der Waals surface area contributed by atoms with Crippen molar-refractivity contribution in [3.05, 3.63) is 16.8 Å². The average Bonchev–Trinajstić information content (AvgIpc) is 2.81. The summed E-state index contributed by atoms with van der Waals surface area (Å²) in [7, 11) is 0. The van der Waals surface area contributed by atoms with Gasteiger partial charge < -0.3 is 15.4 Å². The molecule has 0 unspecified atom stereocenters. The molecule has 2 N–H and O–H groups in total. The first-order valence-electron chi connectivity index (χ1n) is 5.49. The van der Waals surface area contributed by atoms with Gasteiger partial charge in [0.2, 0.25) is 5.91 Å². The topological polar surface area (TPSA) is 50.4 Å². The van der Waals surface area contributed by atoms with Crippen LogP contribution in [0.3, 0.4) is 0 Å². The fourth-order valence-corrected chi connectivity index (χ4v) is 2.28. The van der Waals surface area contributed by atoms with E-state index in [1.165, 1.54) is 0 Å². The molecule has 0 atom stereocenters. The normalized spacial score (nSPS) is 17.2. The van der Waals surface area contributed by atoms with Crippen LogP contribution in [0.25, 0.3) is 0 Å². The Morgan fingerprint density at radius 3 is 3.06 bits per heavy atom. The van der Waals surface area contributed by atoms with Gasteiger partial charge in [-0.05, 0) is 37.4 Å². The third-order valence-electron chi connectivity index (χ3n) is 2.54. The number of piperidine rings is 1. The van der Waals surface area contributed by atoms with Gasteiger partial charge >= 0.3 is 0 Å². The molecule has 88 valence electrons. The molecule has 2 rings (SSSR count). The molecule has 1 saturated heterocycles. The Hall–Kier alpha value is -0.910. The molecule has 4 nitrogen and oxygen atoms in total.